The molecule has 0 aliphatic carbocycles. The number of nitrogens with one attached hydrogen (secondary N) is 2. The van der Waals surface area contributed by atoms with Crippen LogP contribution in [0.15, 0.2) is 30.6 Å². The quantitative estimate of drug-likeness (QED) is 0.826. The summed E-state index contributed by atoms with van der Waals surface area (Å²) < 4.78 is 21.5. The third kappa shape index (κ3) is 3.78. The topological polar surface area (TPSA) is 68.2 Å². The lowest BCUT2D eigenvalue weighted by atomic mass is 9.78. The van der Waals surface area contributed by atoms with Gasteiger partial charge in [-0.3, -0.25) is 4.79 Å². The van der Waals surface area contributed by atoms with Crippen molar-refractivity contribution in [1.82, 2.24) is 20.2 Å². The summed E-state index contributed by atoms with van der Waals surface area (Å²) in [6.07, 6.45) is 4.83. The fraction of sp³-hybridized carbons (Fsp3) is 0.474. The molecule has 140 valence electrons. The number of hydrogen-bond donors (Lipinski definition) is 2. The molecule has 2 N–H and O–H groups in total. The second-order valence-electron chi connectivity index (χ2n) is 6.78. The Morgan fingerprint density at radius 2 is 2.19 bits per heavy atom. The van der Waals surface area contributed by atoms with Crippen LogP contribution in [0.3, 0.4) is 0 Å². The van der Waals surface area contributed by atoms with Gasteiger partial charge in [0.05, 0.1) is 17.7 Å². The van der Waals surface area contributed by atoms with Crippen LogP contribution in [0.25, 0.3) is 5.69 Å². The van der Waals surface area contributed by atoms with Crippen molar-refractivity contribution in [2.24, 2.45) is 5.41 Å². The maximum absolute atomic E-state index is 14.5. The summed E-state index contributed by atoms with van der Waals surface area (Å²) in [5.41, 5.74) is 0.662. The molecule has 2 aromatic rings. The van der Waals surface area contributed by atoms with Gasteiger partial charge in [0.1, 0.15) is 11.6 Å². The zero-order valence-electron chi connectivity index (χ0n) is 15.2. The average Bonchev–Trinajstić information content (AvgIpc) is 3.06. The molecule has 0 radical (unpaired) electrons. The largest absolute Gasteiger partial charge is 0.384 e. The van der Waals surface area contributed by atoms with Crippen LogP contribution in [0.1, 0.15) is 24.2 Å². The van der Waals surface area contributed by atoms with E-state index in [-0.39, 0.29) is 18.3 Å². The van der Waals surface area contributed by atoms with E-state index in [0.717, 1.165) is 37.3 Å². The first-order chi connectivity index (χ1) is 12.6. The number of aryl methyl sites for hydroxylation is 1. The Labute approximate surface area is 152 Å². The lowest BCUT2D eigenvalue weighted by Crippen LogP contribution is -2.49. The van der Waals surface area contributed by atoms with Gasteiger partial charge in [-0.2, -0.15) is 0 Å². The van der Waals surface area contributed by atoms with Crippen molar-refractivity contribution in [3.8, 4) is 5.69 Å². The Morgan fingerprint density at radius 1 is 1.42 bits per heavy atom. The first-order valence-corrected chi connectivity index (χ1v) is 8.82. The number of imidazole rings is 1. The van der Waals surface area contributed by atoms with Crippen molar-refractivity contribution in [2.75, 3.05) is 26.8 Å². The molecule has 0 spiro atoms. The highest BCUT2D eigenvalue weighted by Gasteiger charge is 2.39. The summed E-state index contributed by atoms with van der Waals surface area (Å²) in [6.45, 7) is 4.10. The standard InChI is InChI=1S/C19H25FN4O2/c1-14-22-9-10-24(14)17-4-3-15(11-16(17)20)12-23-18(25)19(13-26-2)5-7-21-8-6-19/h3-4,9-11,21H,5-8,12-13H2,1-2H3,(H,23,25). The fourth-order valence-corrected chi connectivity index (χ4v) is 3.48. The lowest BCUT2D eigenvalue weighted by molar-refractivity contribution is -0.136. The molecule has 1 aromatic heterocycles. The number of amides is 1. The van der Waals surface area contributed by atoms with Gasteiger partial charge in [-0.1, -0.05) is 6.07 Å². The predicted octanol–water partition coefficient (Wildman–Crippen LogP) is 1.95. The van der Waals surface area contributed by atoms with Gasteiger partial charge < -0.3 is 19.9 Å². The summed E-state index contributed by atoms with van der Waals surface area (Å²) in [5.74, 6) is 0.347. The minimum atomic E-state index is -0.508. The Hall–Kier alpha value is -2.25. The Kier molecular flexibility index (Phi) is 5.68. The summed E-state index contributed by atoms with van der Waals surface area (Å²) in [7, 11) is 1.61. The van der Waals surface area contributed by atoms with Crippen LogP contribution in [0, 0.1) is 18.2 Å². The zero-order valence-corrected chi connectivity index (χ0v) is 15.2. The molecule has 1 fully saturated rings. The molecule has 1 aliphatic heterocycles. The predicted molar refractivity (Wildman–Crippen MR) is 96.5 cm³/mol. The summed E-state index contributed by atoms with van der Waals surface area (Å²) >= 11 is 0. The highest BCUT2D eigenvalue weighted by Crippen LogP contribution is 2.29. The lowest BCUT2D eigenvalue weighted by Gasteiger charge is -2.35. The van der Waals surface area contributed by atoms with E-state index in [1.54, 1.807) is 30.1 Å². The van der Waals surface area contributed by atoms with E-state index < -0.39 is 5.41 Å². The second-order valence-corrected chi connectivity index (χ2v) is 6.78. The van der Waals surface area contributed by atoms with E-state index >= 15 is 0 Å². The van der Waals surface area contributed by atoms with Crippen LogP contribution < -0.4 is 10.6 Å². The normalized spacial score (nSPS) is 16.4. The summed E-state index contributed by atoms with van der Waals surface area (Å²) in [6, 6.07) is 4.99. The van der Waals surface area contributed by atoms with Gasteiger partial charge in [0, 0.05) is 26.0 Å². The van der Waals surface area contributed by atoms with Gasteiger partial charge in [-0.25, -0.2) is 9.37 Å². The minimum absolute atomic E-state index is 0.0317. The number of methoxy groups -OCH3 is 1. The van der Waals surface area contributed by atoms with Crippen molar-refractivity contribution in [3.05, 3.63) is 47.8 Å². The van der Waals surface area contributed by atoms with Crippen molar-refractivity contribution < 1.29 is 13.9 Å². The van der Waals surface area contributed by atoms with E-state index in [1.807, 2.05) is 13.0 Å². The van der Waals surface area contributed by atoms with E-state index in [0.29, 0.717) is 12.3 Å². The smallest absolute Gasteiger partial charge is 0.228 e. The molecular weight excluding hydrogens is 335 g/mol. The third-order valence-corrected chi connectivity index (χ3v) is 5.01. The third-order valence-electron chi connectivity index (χ3n) is 5.01. The number of benzene rings is 1. The molecule has 0 bridgehead atoms. The number of nitrogens with zero attached hydrogens (tertiary/aromatic N) is 2. The number of hydrogen-bond acceptors (Lipinski definition) is 4. The molecule has 2 heterocycles. The van der Waals surface area contributed by atoms with Gasteiger partial charge in [-0.15, -0.1) is 0 Å². The zero-order chi connectivity index (χ0) is 18.6. The van der Waals surface area contributed by atoms with E-state index in [4.69, 9.17) is 4.74 Å². The SMILES string of the molecule is COCC1(C(=O)NCc2ccc(-n3ccnc3C)c(F)c2)CCNCC1. The molecule has 26 heavy (non-hydrogen) atoms. The van der Waals surface area contributed by atoms with Crippen LogP contribution >= 0.6 is 0 Å². The number of carbonyl (C=O) groups excluding carboxylic acids is 1. The number of piperidine rings is 1. The number of aromatic nitrogens is 2. The molecule has 6 nitrogen and oxygen atoms in total. The molecule has 1 aliphatic rings. The molecule has 1 amide bonds. The number of rotatable bonds is 6. The molecule has 1 saturated heterocycles. The van der Waals surface area contributed by atoms with Crippen molar-refractivity contribution >= 4 is 5.91 Å². The van der Waals surface area contributed by atoms with Crippen LogP contribution in [-0.4, -0.2) is 42.3 Å². The van der Waals surface area contributed by atoms with Gasteiger partial charge >= 0.3 is 0 Å². The van der Waals surface area contributed by atoms with Crippen LogP contribution in [0.5, 0.6) is 0 Å². The average molecular weight is 360 g/mol. The fourth-order valence-electron chi connectivity index (χ4n) is 3.48. The Morgan fingerprint density at radius 3 is 2.81 bits per heavy atom. The number of carbonyl (C=O) groups is 1. The first kappa shape index (κ1) is 18.5. The van der Waals surface area contributed by atoms with E-state index in [9.17, 15) is 9.18 Å². The highest BCUT2D eigenvalue weighted by atomic mass is 19.1. The minimum Gasteiger partial charge on any atom is -0.384 e. The van der Waals surface area contributed by atoms with E-state index in [2.05, 4.69) is 15.6 Å². The van der Waals surface area contributed by atoms with Gasteiger partial charge in [0.2, 0.25) is 5.91 Å². The molecule has 0 saturated carbocycles. The van der Waals surface area contributed by atoms with E-state index in [1.165, 1.54) is 6.07 Å². The van der Waals surface area contributed by atoms with Crippen molar-refractivity contribution in [2.45, 2.75) is 26.3 Å². The molecular formula is C19H25FN4O2. The highest BCUT2D eigenvalue weighted by molar-refractivity contribution is 5.83. The first-order valence-electron chi connectivity index (χ1n) is 8.82. The van der Waals surface area contributed by atoms with Gasteiger partial charge in [0.15, 0.2) is 0 Å². The monoisotopic (exact) mass is 360 g/mol. The van der Waals surface area contributed by atoms with Crippen molar-refractivity contribution in [1.29, 1.82) is 0 Å². The maximum atomic E-state index is 14.5. The second kappa shape index (κ2) is 7.97. The Balaban J connectivity index is 1.68. The molecule has 0 atom stereocenters. The number of ether oxygens (including phenoxy) is 1. The molecule has 7 heteroatoms. The van der Waals surface area contributed by atoms with Crippen LogP contribution in [-0.2, 0) is 16.1 Å². The number of halogens is 1. The van der Waals surface area contributed by atoms with Crippen LogP contribution in [0.2, 0.25) is 0 Å². The summed E-state index contributed by atoms with van der Waals surface area (Å²) in [5, 5.41) is 6.22. The van der Waals surface area contributed by atoms with Gasteiger partial charge in [-0.05, 0) is 50.6 Å². The molecule has 0 unspecified atom stereocenters. The van der Waals surface area contributed by atoms with Gasteiger partial charge in [0.25, 0.3) is 0 Å². The molecule has 3 rings (SSSR count). The van der Waals surface area contributed by atoms with Crippen molar-refractivity contribution in [3.63, 3.8) is 0 Å². The maximum Gasteiger partial charge on any atom is 0.228 e. The summed E-state index contributed by atoms with van der Waals surface area (Å²) in [4.78, 5) is 16.9. The van der Waals surface area contributed by atoms with Crippen LogP contribution in [0.4, 0.5) is 4.39 Å². The molecule has 1 aromatic carbocycles. The Bertz CT molecular complexity index is 763.